The fourth-order valence-corrected chi connectivity index (χ4v) is 4.88. The summed E-state index contributed by atoms with van der Waals surface area (Å²) in [7, 11) is -4.09. The molecule has 1 aliphatic rings. The fourth-order valence-electron chi connectivity index (χ4n) is 3.90. The average Bonchev–Trinajstić information content (AvgIpc) is 3.39. The smallest absolute Gasteiger partial charge is 0.333 e. The molecule has 0 bridgehead atoms. The summed E-state index contributed by atoms with van der Waals surface area (Å²) in [6.45, 7) is 0.308. The Bertz CT molecular complexity index is 1280. The number of carbonyl (C=O) groups is 1. The highest BCUT2D eigenvalue weighted by molar-refractivity contribution is 14.1. The van der Waals surface area contributed by atoms with Crippen molar-refractivity contribution in [3.63, 3.8) is 0 Å². The molecule has 0 spiro atoms. The van der Waals surface area contributed by atoms with E-state index in [9.17, 15) is 18.3 Å². The molecule has 1 saturated carbocycles. The van der Waals surface area contributed by atoms with Gasteiger partial charge in [-0.25, -0.2) is 15.1 Å². The van der Waals surface area contributed by atoms with Crippen LogP contribution in [0.15, 0.2) is 49.1 Å². The van der Waals surface area contributed by atoms with Gasteiger partial charge in [0, 0.05) is 21.9 Å². The van der Waals surface area contributed by atoms with Crippen LogP contribution in [0.4, 0.5) is 5.82 Å². The van der Waals surface area contributed by atoms with Gasteiger partial charge in [-0.1, -0.05) is 12.1 Å². The van der Waals surface area contributed by atoms with Crippen LogP contribution in [0.5, 0.6) is 0 Å². The van der Waals surface area contributed by atoms with Crippen molar-refractivity contribution in [1.82, 2.24) is 19.7 Å². The molecule has 1 aliphatic carbocycles. The van der Waals surface area contributed by atoms with Crippen molar-refractivity contribution < 1.29 is 22.5 Å². The Labute approximate surface area is 210 Å². The maximum atomic E-state index is 13.2. The third-order valence-electron chi connectivity index (χ3n) is 5.58. The van der Waals surface area contributed by atoms with E-state index < -0.39 is 28.4 Å². The first-order valence-electron chi connectivity index (χ1n) is 10.4. The standard InChI is InChI=1S/C21H23IN6O5S/c22-15-3-1-2-13(8-15)10-28-7-6-18(27-28)20(30)16-9-24-12-25-21(16)26-17-5-4-14(19(17)29)11-33-34(23,31)32/h1-3,6-9,12,14,17,19,29H,4-5,10-11H2,(H2,23,31,32)(H,24,25,26)/t14-,17-,19-/m1/s1. The number of nitrogens with zero attached hydrogens (tertiary/aromatic N) is 4. The second kappa shape index (κ2) is 10.4. The van der Waals surface area contributed by atoms with Gasteiger partial charge in [0.2, 0.25) is 5.78 Å². The van der Waals surface area contributed by atoms with E-state index in [1.54, 1.807) is 16.9 Å². The number of benzene rings is 1. The lowest BCUT2D eigenvalue weighted by Gasteiger charge is -2.21. The van der Waals surface area contributed by atoms with Crippen LogP contribution >= 0.6 is 22.6 Å². The zero-order valence-electron chi connectivity index (χ0n) is 17.9. The fraction of sp³-hybridized carbons (Fsp3) is 0.333. The lowest BCUT2D eigenvalue weighted by molar-refractivity contribution is 0.0936. The van der Waals surface area contributed by atoms with Gasteiger partial charge in [-0.2, -0.15) is 13.5 Å². The Morgan fingerprint density at radius 2 is 2.15 bits per heavy atom. The van der Waals surface area contributed by atoms with Gasteiger partial charge in [0.05, 0.1) is 30.9 Å². The number of aliphatic hydroxyl groups excluding tert-OH is 1. The van der Waals surface area contributed by atoms with Gasteiger partial charge in [0.15, 0.2) is 0 Å². The SMILES string of the molecule is NS(=O)(=O)OC[C@H]1CC[C@@H](Nc2ncncc2C(=O)c2ccn(Cc3cccc(I)c3)n2)[C@@H]1O. The summed E-state index contributed by atoms with van der Waals surface area (Å²) in [6.07, 6.45) is 4.58. The first kappa shape index (κ1) is 24.7. The number of nitrogens with two attached hydrogens (primary N) is 1. The molecule has 13 heteroatoms. The van der Waals surface area contributed by atoms with Gasteiger partial charge in [0.25, 0.3) is 0 Å². The molecule has 0 amide bonds. The molecule has 0 unspecified atom stereocenters. The van der Waals surface area contributed by atoms with Gasteiger partial charge in [-0.3, -0.25) is 13.7 Å². The molecule has 2 aromatic heterocycles. The van der Waals surface area contributed by atoms with Gasteiger partial charge in [0.1, 0.15) is 17.8 Å². The summed E-state index contributed by atoms with van der Waals surface area (Å²) < 4.78 is 29.5. The number of hydrogen-bond acceptors (Lipinski definition) is 9. The van der Waals surface area contributed by atoms with E-state index in [0.29, 0.717) is 19.4 Å². The monoisotopic (exact) mass is 598 g/mol. The summed E-state index contributed by atoms with van der Waals surface area (Å²) in [5.74, 6) is -0.510. The van der Waals surface area contributed by atoms with Crippen molar-refractivity contribution in [3.8, 4) is 0 Å². The second-order valence-electron chi connectivity index (χ2n) is 8.00. The van der Waals surface area contributed by atoms with Crippen LogP contribution in [0.25, 0.3) is 0 Å². The topological polar surface area (TPSA) is 162 Å². The Morgan fingerprint density at radius 3 is 2.91 bits per heavy atom. The highest BCUT2D eigenvalue weighted by Gasteiger charge is 2.36. The third kappa shape index (κ3) is 6.15. The number of halogens is 1. The summed E-state index contributed by atoms with van der Waals surface area (Å²) in [5.41, 5.74) is 1.53. The lowest BCUT2D eigenvalue weighted by atomic mass is 10.1. The average molecular weight is 598 g/mol. The Balaban J connectivity index is 1.45. The maximum absolute atomic E-state index is 13.2. The quantitative estimate of drug-likeness (QED) is 0.244. The number of aliphatic hydroxyl groups is 1. The van der Waals surface area contributed by atoms with Gasteiger partial charge in [-0.15, -0.1) is 0 Å². The van der Waals surface area contributed by atoms with Crippen molar-refractivity contribution in [2.45, 2.75) is 31.5 Å². The number of ketones is 1. The van der Waals surface area contributed by atoms with Crippen molar-refractivity contribution in [2.24, 2.45) is 11.1 Å². The maximum Gasteiger partial charge on any atom is 0.333 e. The molecule has 1 aromatic carbocycles. The zero-order valence-corrected chi connectivity index (χ0v) is 20.9. The Morgan fingerprint density at radius 1 is 1.32 bits per heavy atom. The molecular weight excluding hydrogens is 575 g/mol. The molecule has 34 heavy (non-hydrogen) atoms. The molecule has 11 nitrogen and oxygen atoms in total. The Kier molecular flexibility index (Phi) is 7.57. The minimum absolute atomic E-state index is 0.217. The number of rotatable bonds is 9. The lowest BCUT2D eigenvalue weighted by Crippen LogP contribution is -2.35. The van der Waals surface area contributed by atoms with Crippen molar-refractivity contribution in [1.29, 1.82) is 0 Å². The Hall–Kier alpha value is -2.46. The number of nitrogens with one attached hydrogen (secondary N) is 1. The minimum atomic E-state index is -4.09. The largest absolute Gasteiger partial charge is 0.391 e. The summed E-state index contributed by atoms with van der Waals surface area (Å²) in [5, 5.41) is 23.0. The van der Waals surface area contributed by atoms with E-state index >= 15 is 0 Å². The van der Waals surface area contributed by atoms with E-state index in [0.717, 1.165) is 9.13 Å². The van der Waals surface area contributed by atoms with E-state index in [-0.39, 0.29) is 29.5 Å². The van der Waals surface area contributed by atoms with Crippen LogP contribution < -0.4 is 10.5 Å². The molecule has 1 fully saturated rings. The van der Waals surface area contributed by atoms with Gasteiger partial charge >= 0.3 is 10.3 Å². The summed E-state index contributed by atoms with van der Waals surface area (Å²) in [6, 6.07) is 9.20. The molecule has 180 valence electrons. The number of aromatic nitrogens is 4. The van der Waals surface area contributed by atoms with E-state index in [1.807, 2.05) is 24.3 Å². The van der Waals surface area contributed by atoms with Gasteiger partial charge in [-0.05, 0) is 59.2 Å². The summed E-state index contributed by atoms with van der Waals surface area (Å²) in [4.78, 5) is 21.3. The van der Waals surface area contributed by atoms with Crippen molar-refractivity contribution in [3.05, 3.63) is 69.4 Å². The van der Waals surface area contributed by atoms with Crippen LogP contribution in [-0.4, -0.2) is 57.8 Å². The highest BCUT2D eigenvalue weighted by Crippen LogP contribution is 2.30. The molecule has 0 saturated heterocycles. The van der Waals surface area contributed by atoms with Crippen LogP contribution in [0.1, 0.15) is 34.5 Å². The van der Waals surface area contributed by atoms with E-state index in [4.69, 9.17) is 5.14 Å². The normalized spacial score (nSPS) is 20.4. The predicted octanol–water partition coefficient (Wildman–Crippen LogP) is 1.33. The molecule has 0 aliphatic heterocycles. The van der Waals surface area contributed by atoms with Crippen LogP contribution in [0.2, 0.25) is 0 Å². The first-order valence-corrected chi connectivity index (χ1v) is 13.0. The van der Waals surface area contributed by atoms with Crippen molar-refractivity contribution in [2.75, 3.05) is 11.9 Å². The molecule has 3 atom stereocenters. The minimum Gasteiger partial charge on any atom is -0.391 e. The molecule has 2 heterocycles. The molecule has 0 radical (unpaired) electrons. The first-order chi connectivity index (χ1) is 16.2. The molecular formula is C21H23IN6O5S. The molecule has 4 rings (SSSR count). The number of carbonyl (C=O) groups excluding carboxylic acids is 1. The predicted molar refractivity (Wildman–Crippen MR) is 131 cm³/mol. The summed E-state index contributed by atoms with van der Waals surface area (Å²) >= 11 is 2.24. The highest BCUT2D eigenvalue weighted by atomic mass is 127. The van der Waals surface area contributed by atoms with E-state index in [2.05, 4.69) is 47.2 Å². The van der Waals surface area contributed by atoms with Crippen LogP contribution in [-0.2, 0) is 21.0 Å². The van der Waals surface area contributed by atoms with Crippen LogP contribution in [0.3, 0.4) is 0 Å². The second-order valence-corrected chi connectivity index (χ2v) is 10.5. The molecule has 3 aromatic rings. The zero-order chi connectivity index (χ0) is 24.3. The number of anilines is 1. The van der Waals surface area contributed by atoms with Crippen molar-refractivity contribution >= 4 is 44.5 Å². The molecule has 4 N–H and O–H groups in total. The number of hydrogen-bond donors (Lipinski definition) is 3. The third-order valence-corrected chi connectivity index (χ3v) is 6.71. The van der Waals surface area contributed by atoms with Gasteiger partial charge < -0.3 is 10.4 Å². The van der Waals surface area contributed by atoms with Crippen LogP contribution in [0, 0.1) is 9.49 Å². The van der Waals surface area contributed by atoms with E-state index in [1.165, 1.54) is 12.5 Å².